The van der Waals surface area contributed by atoms with Gasteiger partial charge in [0.2, 0.25) is 0 Å². The predicted molar refractivity (Wildman–Crippen MR) is 144 cm³/mol. The Labute approximate surface area is 243 Å². The van der Waals surface area contributed by atoms with E-state index in [-0.39, 0.29) is 0 Å². The maximum Gasteiger partial charge on any atom is 0.338 e. The topological polar surface area (TPSA) is 161 Å². The molecule has 5 aliphatic rings. The van der Waals surface area contributed by atoms with Crippen LogP contribution in [0.5, 0.6) is 0 Å². The van der Waals surface area contributed by atoms with Gasteiger partial charge in [0, 0.05) is 31.6 Å². The number of hydrogen-bond acceptors (Lipinski definition) is 11. The van der Waals surface area contributed by atoms with Gasteiger partial charge in [0.25, 0.3) is 5.97 Å². The van der Waals surface area contributed by atoms with Crippen molar-refractivity contribution in [3.8, 4) is 0 Å². The predicted octanol–water partition coefficient (Wildman–Crippen LogP) is 1.38. The summed E-state index contributed by atoms with van der Waals surface area (Å²) in [6.07, 6.45) is -5.74. The van der Waals surface area contributed by atoms with Crippen molar-refractivity contribution >= 4 is 11.9 Å². The molecule has 11 nitrogen and oxygen atoms in total. The van der Waals surface area contributed by atoms with Crippen LogP contribution >= 0.6 is 0 Å². The van der Waals surface area contributed by atoms with E-state index in [2.05, 4.69) is 6.58 Å². The highest BCUT2D eigenvalue weighted by molar-refractivity contribution is 5.89. The molecule has 4 fully saturated rings. The van der Waals surface area contributed by atoms with Crippen molar-refractivity contribution in [1.29, 1.82) is 0 Å². The van der Waals surface area contributed by atoms with Crippen LogP contribution in [0.15, 0.2) is 54.1 Å². The Hall–Kier alpha value is -2.64. The quantitative estimate of drug-likeness (QED) is 0.298. The molecule has 0 amide bonds. The molecule has 1 aromatic rings. The Morgan fingerprint density at radius 2 is 1.67 bits per heavy atom. The molecule has 11 heteroatoms. The van der Waals surface area contributed by atoms with Crippen molar-refractivity contribution in [1.82, 2.24) is 0 Å². The molecule has 2 saturated heterocycles. The van der Waals surface area contributed by atoms with Gasteiger partial charge in [-0.3, -0.25) is 4.79 Å². The number of ether oxygens (including phenoxy) is 5. The summed E-state index contributed by atoms with van der Waals surface area (Å²) >= 11 is 0. The molecule has 13 atom stereocenters. The molecule has 0 aromatic heterocycles. The highest BCUT2D eigenvalue weighted by Crippen LogP contribution is 2.70. The zero-order valence-corrected chi connectivity index (χ0v) is 24.4. The molecule has 42 heavy (non-hydrogen) atoms. The van der Waals surface area contributed by atoms with Gasteiger partial charge in [-0.05, 0) is 44.1 Å². The molecule has 2 aliphatic heterocycles. The minimum absolute atomic E-state index is 0.290. The number of fused-ring (bicyclic) bond motifs is 2. The highest BCUT2D eigenvalue weighted by Gasteiger charge is 2.86. The molecule has 4 N–H and O–H groups in total. The number of aliphatic hydroxyl groups excluding tert-OH is 2. The third-order valence-electron chi connectivity index (χ3n) is 10.3. The summed E-state index contributed by atoms with van der Waals surface area (Å²) < 4.78 is 31.4. The van der Waals surface area contributed by atoms with E-state index in [0.29, 0.717) is 16.7 Å². The second-order valence-corrected chi connectivity index (χ2v) is 12.9. The van der Waals surface area contributed by atoms with Crippen LogP contribution in [0.3, 0.4) is 0 Å². The molecule has 13 unspecified atom stereocenters. The van der Waals surface area contributed by atoms with Crippen LogP contribution in [-0.2, 0) is 28.5 Å². The maximum atomic E-state index is 13.5. The number of carbonyl (C=O) groups excluding carboxylic acids is 2. The van der Waals surface area contributed by atoms with Gasteiger partial charge in [-0.2, -0.15) is 0 Å². The standard InChI is InChI=1S/C31H38O11/c1-14(2)30-23(39-25(34)18-11-9-8-10-12-18)16(4)31-19-13-15(3)22(38-17(5)32)29(19,37)26(35)27(6,36)21(33)20(31)24(30)40-28(7,41-30)42-31/h8-13,16,19-24,26,33,35-37H,1H2,2-7H3. The fraction of sp³-hybridized carbons (Fsp3) is 0.613. The Morgan fingerprint density at radius 3 is 2.26 bits per heavy atom. The second-order valence-electron chi connectivity index (χ2n) is 12.9. The van der Waals surface area contributed by atoms with E-state index in [1.54, 1.807) is 57.2 Å². The number of aliphatic hydroxyl groups is 4. The molecule has 6 rings (SSSR count). The first kappa shape index (κ1) is 29.4. The second kappa shape index (κ2) is 8.95. The molecule has 2 saturated carbocycles. The van der Waals surface area contributed by atoms with Gasteiger partial charge in [0.15, 0.2) is 11.7 Å². The summed E-state index contributed by atoms with van der Waals surface area (Å²) in [5.41, 5.74) is -6.82. The first-order chi connectivity index (χ1) is 19.5. The fourth-order valence-corrected chi connectivity index (χ4v) is 8.59. The lowest BCUT2D eigenvalue weighted by Crippen LogP contribution is -2.77. The van der Waals surface area contributed by atoms with Gasteiger partial charge in [-0.25, -0.2) is 4.79 Å². The van der Waals surface area contributed by atoms with Crippen LogP contribution in [0.2, 0.25) is 0 Å². The van der Waals surface area contributed by atoms with Crippen LogP contribution in [0.4, 0.5) is 0 Å². The number of hydrogen-bond donors (Lipinski definition) is 4. The average molecular weight is 587 g/mol. The van der Waals surface area contributed by atoms with E-state index in [1.807, 2.05) is 0 Å². The van der Waals surface area contributed by atoms with Crippen molar-refractivity contribution in [2.75, 3.05) is 0 Å². The van der Waals surface area contributed by atoms with E-state index in [0.717, 1.165) is 0 Å². The Kier molecular flexibility index (Phi) is 6.27. The van der Waals surface area contributed by atoms with Crippen molar-refractivity contribution in [2.45, 2.75) is 100 Å². The summed E-state index contributed by atoms with van der Waals surface area (Å²) in [5, 5.41) is 48.0. The summed E-state index contributed by atoms with van der Waals surface area (Å²) in [4.78, 5) is 25.7. The Bertz CT molecular complexity index is 1370. The summed E-state index contributed by atoms with van der Waals surface area (Å²) in [6, 6.07) is 8.40. The first-order valence-electron chi connectivity index (χ1n) is 14.1. The van der Waals surface area contributed by atoms with Crippen molar-refractivity contribution < 1.29 is 53.7 Å². The van der Waals surface area contributed by atoms with Crippen molar-refractivity contribution in [2.24, 2.45) is 17.8 Å². The number of rotatable bonds is 4. The van der Waals surface area contributed by atoms with E-state index in [4.69, 9.17) is 23.7 Å². The zero-order chi connectivity index (χ0) is 30.8. The van der Waals surface area contributed by atoms with Crippen LogP contribution < -0.4 is 0 Å². The smallest absolute Gasteiger partial charge is 0.338 e. The summed E-state index contributed by atoms with van der Waals surface area (Å²) in [6.45, 7) is 13.2. The molecular formula is C31H38O11. The van der Waals surface area contributed by atoms with E-state index >= 15 is 0 Å². The normalized spacial score (nSPS) is 50.3. The van der Waals surface area contributed by atoms with E-state index in [9.17, 15) is 30.0 Å². The van der Waals surface area contributed by atoms with Gasteiger partial charge in [-0.15, -0.1) is 0 Å². The number of carbonyl (C=O) groups is 2. The molecule has 1 aromatic carbocycles. The number of esters is 2. The van der Waals surface area contributed by atoms with Gasteiger partial charge >= 0.3 is 11.9 Å². The van der Waals surface area contributed by atoms with Crippen LogP contribution in [-0.4, -0.2) is 91.3 Å². The highest BCUT2D eigenvalue weighted by atomic mass is 16.9. The van der Waals surface area contributed by atoms with E-state index < -0.39 is 88.6 Å². The first-order valence-corrected chi connectivity index (χ1v) is 14.1. The molecule has 0 radical (unpaired) electrons. The summed E-state index contributed by atoms with van der Waals surface area (Å²) in [7, 11) is 0. The minimum Gasteiger partial charge on any atom is -0.455 e. The third-order valence-corrected chi connectivity index (χ3v) is 10.3. The molecule has 3 bridgehead atoms. The van der Waals surface area contributed by atoms with Gasteiger partial charge in [-0.1, -0.05) is 37.8 Å². The molecular weight excluding hydrogens is 548 g/mol. The van der Waals surface area contributed by atoms with Crippen LogP contribution in [0.1, 0.15) is 51.9 Å². The zero-order valence-electron chi connectivity index (χ0n) is 24.4. The lowest BCUT2D eigenvalue weighted by molar-refractivity contribution is -0.426. The SMILES string of the molecule is C=C(C)C12OC3(C)OC1C1C(O)C(C)(O)C(O)C4(O)C(OC(C)=O)C(C)=CC4C1(O3)C(C)C2OC(=O)c1ccccc1. The monoisotopic (exact) mass is 586 g/mol. The van der Waals surface area contributed by atoms with E-state index in [1.165, 1.54) is 20.8 Å². The largest absolute Gasteiger partial charge is 0.455 e. The fourth-order valence-electron chi connectivity index (χ4n) is 8.59. The van der Waals surface area contributed by atoms with Gasteiger partial charge < -0.3 is 44.1 Å². The Morgan fingerprint density at radius 1 is 1.02 bits per heavy atom. The lowest BCUT2D eigenvalue weighted by atomic mass is 9.52. The minimum atomic E-state index is -2.37. The maximum absolute atomic E-state index is 13.5. The van der Waals surface area contributed by atoms with Crippen LogP contribution in [0.25, 0.3) is 0 Å². The van der Waals surface area contributed by atoms with Crippen LogP contribution in [0, 0.1) is 17.8 Å². The van der Waals surface area contributed by atoms with Crippen molar-refractivity contribution in [3.05, 3.63) is 59.7 Å². The van der Waals surface area contributed by atoms with Crippen molar-refractivity contribution in [3.63, 3.8) is 0 Å². The average Bonchev–Trinajstić information content (AvgIpc) is 3.30. The summed E-state index contributed by atoms with van der Waals surface area (Å²) in [5.74, 6) is -6.32. The molecule has 228 valence electrons. The Balaban J connectivity index is 1.61. The molecule has 3 aliphatic carbocycles. The molecule has 0 spiro atoms. The lowest BCUT2D eigenvalue weighted by Gasteiger charge is -2.62. The third kappa shape index (κ3) is 3.41. The molecule has 2 heterocycles. The number of benzene rings is 1. The van der Waals surface area contributed by atoms with Gasteiger partial charge in [0.1, 0.15) is 29.5 Å². The van der Waals surface area contributed by atoms with Gasteiger partial charge in [0.05, 0.1) is 17.3 Å².